The zero-order valence-corrected chi connectivity index (χ0v) is 17.4. The van der Waals surface area contributed by atoms with Crippen LogP contribution in [0.4, 0.5) is 0 Å². The molecule has 28 heavy (non-hydrogen) atoms. The lowest BCUT2D eigenvalue weighted by molar-refractivity contribution is -0.590. The molecule has 1 aromatic rings. The van der Waals surface area contributed by atoms with Crippen LogP contribution >= 0.6 is 0 Å². The van der Waals surface area contributed by atoms with Gasteiger partial charge in [0.1, 0.15) is 0 Å². The van der Waals surface area contributed by atoms with E-state index in [9.17, 15) is 10.2 Å². The van der Waals surface area contributed by atoms with Crippen molar-refractivity contribution in [1.82, 2.24) is 0 Å². The van der Waals surface area contributed by atoms with Gasteiger partial charge < -0.3 is 10.2 Å². The second-order valence-electron chi connectivity index (χ2n) is 10.4. The summed E-state index contributed by atoms with van der Waals surface area (Å²) < 4.78 is 2.32. The first-order chi connectivity index (χ1) is 13.3. The van der Waals surface area contributed by atoms with E-state index in [2.05, 4.69) is 62.0 Å². The Labute approximate surface area is 168 Å². The number of pyridine rings is 1. The Morgan fingerprint density at radius 3 is 2.39 bits per heavy atom. The summed E-state index contributed by atoms with van der Waals surface area (Å²) in [6.07, 6.45) is 12.0. The highest BCUT2D eigenvalue weighted by molar-refractivity contribution is 5.53. The van der Waals surface area contributed by atoms with E-state index in [0.29, 0.717) is 17.8 Å². The fraction of sp³-hybridized carbons (Fsp3) is 0.640. The largest absolute Gasteiger partial charge is 0.393 e. The average molecular weight is 381 g/mol. The molecular formula is C25H34NO2+. The summed E-state index contributed by atoms with van der Waals surface area (Å²) in [4.78, 5) is 0. The summed E-state index contributed by atoms with van der Waals surface area (Å²) in [6.45, 7) is 7.15. The summed E-state index contributed by atoms with van der Waals surface area (Å²) >= 11 is 0. The van der Waals surface area contributed by atoms with Crippen LogP contribution in [-0.4, -0.2) is 22.4 Å². The van der Waals surface area contributed by atoms with Crippen molar-refractivity contribution < 1.29 is 14.8 Å². The van der Waals surface area contributed by atoms with Crippen molar-refractivity contribution in [2.45, 2.75) is 71.5 Å². The van der Waals surface area contributed by atoms with Gasteiger partial charge in [-0.05, 0) is 81.1 Å². The van der Waals surface area contributed by atoms with E-state index in [1.807, 2.05) is 0 Å². The second-order valence-corrected chi connectivity index (χ2v) is 10.4. The van der Waals surface area contributed by atoms with E-state index >= 15 is 0 Å². The number of nitrogens with zero attached hydrogens (tertiary/aromatic N) is 1. The maximum absolute atomic E-state index is 11.3. The number of rotatable bonds is 1. The monoisotopic (exact) mass is 380 g/mol. The highest BCUT2D eigenvalue weighted by Gasteiger charge is 2.62. The lowest BCUT2D eigenvalue weighted by atomic mass is 9.47. The fourth-order valence-electron chi connectivity index (χ4n) is 7.61. The number of fused-ring (bicyclic) bond motifs is 5. The van der Waals surface area contributed by atoms with Crippen molar-refractivity contribution in [1.29, 1.82) is 0 Å². The lowest BCUT2D eigenvalue weighted by Crippen LogP contribution is -2.55. The average Bonchev–Trinajstić information content (AvgIpc) is 2.94. The Hall–Kier alpha value is -1.45. The number of hydrogen-bond donors (Lipinski definition) is 2. The lowest BCUT2D eigenvalue weighted by Gasteiger charge is -2.58. The van der Waals surface area contributed by atoms with E-state index in [1.54, 1.807) is 0 Å². The van der Waals surface area contributed by atoms with Crippen molar-refractivity contribution in [3.63, 3.8) is 0 Å². The quantitative estimate of drug-likeness (QED) is 0.569. The number of aliphatic hydroxyl groups excluding tert-OH is 2. The third-order valence-corrected chi connectivity index (χ3v) is 8.94. The summed E-state index contributed by atoms with van der Waals surface area (Å²) in [7, 11) is 0. The van der Waals surface area contributed by atoms with Gasteiger partial charge in [0.25, 0.3) is 0 Å². The molecule has 2 saturated carbocycles. The van der Waals surface area contributed by atoms with Gasteiger partial charge in [0.2, 0.25) is 0 Å². The van der Waals surface area contributed by atoms with Crippen LogP contribution in [0.1, 0.15) is 59.3 Å². The standard InChI is InChI=1S/C25H34NO2/c1-16-13-20-22-19(24(2)9-7-18(27)14-17(24)15-21(22)28)8-10-25(20,3)23(16)26-11-5-4-6-12-26/h4-6,11-12,15,18-22,27-28H,7-10,13-14H2,1-3H3/q+1. The highest BCUT2D eigenvalue weighted by atomic mass is 16.3. The molecular weight excluding hydrogens is 346 g/mol. The first-order valence-corrected chi connectivity index (χ1v) is 11.1. The molecule has 0 saturated heterocycles. The van der Waals surface area contributed by atoms with Crippen molar-refractivity contribution in [2.75, 3.05) is 0 Å². The molecule has 4 aliphatic carbocycles. The minimum atomic E-state index is -0.379. The molecule has 3 heteroatoms. The molecule has 3 nitrogen and oxygen atoms in total. The van der Waals surface area contributed by atoms with E-state index in [1.165, 1.54) is 29.7 Å². The minimum absolute atomic E-state index is 0.119. The predicted octanol–water partition coefficient (Wildman–Crippen LogP) is 4.11. The first kappa shape index (κ1) is 18.6. The maximum Gasteiger partial charge on any atom is 0.192 e. The molecule has 0 bridgehead atoms. The van der Waals surface area contributed by atoms with Crippen LogP contribution in [0.2, 0.25) is 0 Å². The topological polar surface area (TPSA) is 44.3 Å². The fourth-order valence-corrected chi connectivity index (χ4v) is 7.61. The zero-order chi connectivity index (χ0) is 19.7. The number of hydrogen-bond acceptors (Lipinski definition) is 2. The van der Waals surface area contributed by atoms with Gasteiger partial charge in [-0.25, -0.2) is 0 Å². The van der Waals surface area contributed by atoms with Gasteiger partial charge in [0.15, 0.2) is 18.1 Å². The molecule has 150 valence electrons. The molecule has 0 aliphatic heterocycles. The van der Waals surface area contributed by atoms with Gasteiger partial charge in [-0.2, -0.15) is 4.57 Å². The van der Waals surface area contributed by atoms with Crippen LogP contribution < -0.4 is 4.57 Å². The molecule has 2 N–H and O–H groups in total. The molecule has 0 radical (unpaired) electrons. The molecule has 2 fully saturated rings. The summed E-state index contributed by atoms with van der Waals surface area (Å²) in [6, 6.07) is 6.30. The van der Waals surface area contributed by atoms with Crippen molar-refractivity contribution in [2.24, 2.45) is 28.6 Å². The van der Waals surface area contributed by atoms with Gasteiger partial charge in [-0.1, -0.05) is 24.6 Å². The first-order valence-electron chi connectivity index (χ1n) is 11.1. The third-order valence-electron chi connectivity index (χ3n) is 8.94. The van der Waals surface area contributed by atoms with Gasteiger partial charge in [-0.15, -0.1) is 0 Å². The Balaban J connectivity index is 1.55. The molecule has 0 aromatic carbocycles. The molecule has 7 atom stereocenters. The van der Waals surface area contributed by atoms with E-state index in [0.717, 1.165) is 25.7 Å². The Morgan fingerprint density at radius 1 is 0.929 bits per heavy atom. The molecule has 1 aromatic heterocycles. The van der Waals surface area contributed by atoms with E-state index in [4.69, 9.17) is 0 Å². The molecule has 5 rings (SSSR count). The van der Waals surface area contributed by atoms with E-state index in [-0.39, 0.29) is 23.0 Å². The summed E-state index contributed by atoms with van der Waals surface area (Å²) in [5, 5.41) is 21.5. The molecule has 0 amide bonds. The SMILES string of the molecule is CC1=C([n+]2ccccc2)C2(C)CCC3C(C(O)C=C4CC(O)CCC43C)C2C1. The van der Waals surface area contributed by atoms with Gasteiger partial charge >= 0.3 is 0 Å². The van der Waals surface area contributed by atoms with Crippen molar-refractivity contribution in [3.8, 4) is 0 Å². The maximum atomic E-state index is 11.3. The van der Waals surface area contributed by atoms with Crippen LogP contribution in [0.5, 0.6) is 0 Å². The Kier molecular flexibility index (Phi) is 4.16. The Morgan fingerprint density at radius 2 is 1.64 bits per heavy atom. The predicted molar refractivity (Wildman–Crippen MR) is 110 cm³/mol. The van der Waals surface area contributed by atoms with Gasteiger partial charge in [0.05, 0.1) is 17.6 Å². The number of aromatic nitrogens is 1. The molecule has 0 spiro atoms. The van der Waals surface area contributed by atoms with Gasteiger partial charge in [-0.3, -0.25) is 0 Å². The number of allylic oxidation sites excluding steroid dienone is 2. The smallest absolute Gasteiger partial charge is 0.192 e. The van der Waals surface area contributed by atoms with Crippen LogP contribution in [0, 0.1) is 28.6 Å². The molecule has 4 aliphatic rings. The minimum Gasteiger partial charge on any atom is -0.393 e. The molecule has 1 heterocycles. The third kappa shape index (κ3) is 2.45. The van der Waals surface area contributed by atoms with Crippen LogP contribution in [0.25, 0.3) is 5.70 Å². The van der Waals surface area contributed by atoms with Crippen molar-refractivity contribution >= 4 is 5.70 Å². The van der Waals surface area contributed by atoms with E-state index < -0.39 is 0 Å². The normalized spacial score (nSPS) is 45.2. The second kappa shape index (κ2) is 6.27. The van der Waals surface area contributed by atoms with Crippen molar-refractivity contribution in [3.05, 3.63) is 47.8 Å². The van der Waals surface area contributed by atoms with Crippen LogP contribution in [0.15, 0.2) is 47.8 Å². The van der Waals surface area contributed by atoms with Crippen LogP contribution in [-0.2, 0) is 0 Å². The Bertz CT molecular complexity index is 843. The summed E-state index contributed by atoms with van der Waals surface area (Å²) in [5.41, 5.74) is 4.54. The molecule has 7 unspecified atom stereocenters. The van der Waals surface area contributed by atoms with Crippen LogP contribution in [0.3, 0.4) is 0 Å². The number of aliphatic hydroxyl groups is 2. The zero-order valence-electron chi connectivity index (χ0n) is 17.4. The van der Waals surface area contributed by atoms with Gasteiger partial charge in [0, 0.05) is 12.1 Å². The summed E-state index contributed by atoms with van der Waals surface area (Å²) in [5.74, 6) is 1.34. The highest BCUT2D eigenvalue weighted by Crippen LogP contribution is 2.66.